The maximum absolute atomic E-state index is 13.1. The van der Waals surface area contributed by atoms with Crippen LogP contribution in [0.1, 0.15) is 51.3 Å². The average molecular weight is 566 g/mol. The second-order valence-electron chi connectivity index (χ2n) is 10.5. The van der Waals surface area contributed by atoms with Crippen LogP contribution in [0.25, 0.3) is 5.95 Å². The monoisotopic (exact) mass is 565 g/mol. The molecule has 12 heteroatoms. The Morgan fingerprint density at radius 3 is 2.49 bits per heavy atom. The zero-order chi connectivity index (χ0) is 29.5. The van der Waals surface area contributed by atoms with E-state index in [-0.39, 0.29) is 24.3 Å². The summed E-state index contributed by atoms with van der Waals surface area (Å²) in [6.45, 7) is 9.43. The topological polar surface area (TPSA) is 124 Å². The number of aromatic nitrogens is 4. The van der Waals surface area contributed by atoms with Crippen LogP contribution in [-0.2, 0) is 16.1 Å². The quantitative estimate of drug-likeness (QED) is 0.393. The van der Waals surface area contributed by atoms with Gasteiger partial charge in [0.1, 0.15) is 12.1 Å². The van der Waals surface area contributed by atoms with Gasteiger partial charge in [0, 0.05) is 51.1 Å². The number of rotatable bonds is 10. The van der Waals surface area contributed by atoms with Crippen molar-refractivity contribution in [1.29, 1.82) is 0 Å². The number of ether oxygens (including phenoxy) is 3. The van der Waals surface area contributed by atoms with Gasteiger partial charge in [0.15, 0.2) is 11.5 Å². The predicted molar refractivity (Wildman–Crippen MR) is 154 cm³/mol. The Morgan fingerprint density at radius 2 is 1.83 bits per heavy atom. The summed E-state index contributed by atoms with van der Waals surface area (Å²) in [7, 11) is 3.15. The Kier molecular flexibility index (Phi) is 9.64. The fraction of sp³-hybridized carbons (Fsp3) is 0.483. The number of amides is 2. The molecule has 1 unspecified atom stereocenters. The third kappa shape index (κ3) is 7.44. The van der Waals surface area contributed by atoms with Crippen molar-refractivity contribution in [3.8, 4) is 17.4 Å². The highest BCUT2D eigenvalue weighted by Crippen LogP contribution is 2.28. The zero-order valence-corrected chi connectivity index (χ0v) is 24.5. The molecule has 4 rings (SSSR count). The van der Waals surface area contributed by atoms with Crippen molar-refractivity contribution in [1.82, 2.24) is 29.7 Å². The van der Waals surface area contributed by atoms with E-state index in [0.29, 0.717) is 43.6 Å². The van der Waals surface area contributed by atoms with Crippen LogP contribution in [0.15, 0.2) is 43.0 Å². The molecule has 0 radical (unpaired) electrons. The number of methoxy groups -OCH3 is 2. The third-order valence-corrected chi connectivity index (χ3v) is 6.78. The standard InChI is InChI=1S/C29H39N7O5/c1-19(2)23-15-26(33-28(32-23)35-10-9-30-18-35)34-11-12-36(29(38)41-20(3)4)22(17-34)14-27(37)31-16-21-7-8-24(39-5)25(13-21)40-6/h7-10,13,15,18-20,22H,11-12,14,16-17H2,1-6H3,(H,31,37). The second-order valence-corrected chi connectivity index (χ2v) is 10.5. The number of nitrogens with zero attached hydrogens (tertiary/aromatic N) is 6. The number of anilines is 1. The molecule has 0 saturated carbocycles. The van der Waals surface area contributed by atoms with E-state index in [0.717, 1.165) is 17.1 Å². The Bertz CT molecular complexity index is 1330. The van der Waals surface area contributed by atoms with E-state index in [1.807, 2.05) is 32.0 Å². The van der Waals surface area contributed by atoms with Gasteiger partial charge in [-0.25, -0.2) is 14.8 Å². The molecule has 1 aromatic carbocycles. The molecule has 1 atom stereocenters. The van der Waals surface area contributed by atoms with Gasteiger partial charge < -0.3 is 29.3 Å². The molecule has 1 fully saturated rings. The van der Waals surface area contributed by atoms with Crippen molar-refractivity contribution < 1.29 is 23.8 Å². The summed E-state index contributed by atoms with van der Waals surface area (Å²) in [6, 6.07) is 7.05. The molecule has 1 N–H and O–H groups in total. The van der Waals surface area contributed by atoms with Crippen LogP contribution >= 0.6 is 0 Å². The molecule has 220 valence electrons. The number of hydrogen-bond acceptors (Lipinski definition) is 9. The van der Waals surface area contributed by atoms with Crippen molar-refractivity contribution in [2.24, 2.45) is 0 Å². The number of benzene rings is 1. The van der Waals surface area contributed by atoms with Gasteiger partial charge in [-0.05, 0) is 37.5 Å². The summed E-state index contributed by atoms with van der Waals surface area (Å²) in [5, 5.41) is 2.97. The molecule has 0 bridgehead atoms. The summed E-state index contributed by atoms with van der Waals surface area (Å²) >= 11 is 0. The molecule has 2 amide bonds. The summed E-state index contributed by atoms with van der Waals surface area (Å²) in [5.41, 5.74) is 1.76. The van der Waals surface area contributed by atoms with Crippen LogP contribution in [-0.4, -0.2) is 82.4 Å². The highest BCUT2D eigenvalue weighted by atomic mass is 16.6. The van der Waals surface area contributed by atoms with Crippen molar-refractivity contribution in [2.75, 3.05) is 38.8 Å². The van der Waals surface area contributed by atoms with Crippen LogP contribution in [0.4, 0.5) is 10.6 Å². The minimum atomic E-state index is -0.429. The first-order chi connectivity index (χ1) is 19.7. The van der Waals surface area contributed by atoms with Gasteiger partial charge >= 0.3 is 6.09 Å². The first-order valence-corrected chi connectivity index (χ1v) is 13.8. The highest BCUT2D eigenvalue weighted by Gasteiger charge is 2.34. The van der Waals surface area contributed by atoms with E-state index in [1.54, 1.807) is 48.5 Å². The van der Waals surface area contributed by atoms with E-state index >= 15 is 0 Å². The van der Waals surface area contributed by atoms with Crippen molar-refractivity contribution in [3.63, 3.8) is 0 Å². The molecule has 3 heterocycles. The van der Waals surface area contributed by atoms with Gasteiger partial charge in [0.05, 0.1) is 32.1 Å². The lowest BCUT2D eigenvalue weighted by atomic mass is 10.1. The second kappa shape index (κ2) is 13.3. The minimum absolute atomic E-state index is 0.105. The van der Waals surface area contributed by atoms with E-state index in [1.165, 1.54) is 0 Å². The normalized spacial score (nSPS) is 15.3. The number of piperazine rings is 1. The zero-order valence-electron chi connectivity index (χ0n) is 24.5. The highest BCUT2D eigenvalue weighted by molar-refractivity contribution is 5.78. The number of hydrogen-bond donors (Lipinski definition) is 1. The lowest BCUT2D eigenvalue weighted by Gasteiger charge is -2.41. The Labute approximate surface area is 240 Å². The molecular formula is C29H39N7O5. The largest absolute Gasteiger partial charge is 0.493 e. The van der Waals surface area contributed by atoms with Crippen LogP contribution < -0.4 is 19.7 Å². The molecule has 41 heavy (non-hydrogen) atoms. The molecule has 3 aromatic rings. The first-order valence-electron chi connectivity index (χ1n) is 13.8. The molecule has 0 aliphatic carbocycles. The van der Waals surface area contributed by atoms with Gasteiger partial charge in [0.25, 0.3) is 0 Å². The lowest BCUT2D eigenvalue weighted by molar-refractivity contribution is -0.122. The van der Waals surface area contributed by atoms with E-state index in [4.69, 9.17) is 24.2 Å². The van der Waals surface area contributed by atoms with Crippen LogP contribution in [0, 0.1) is 0 Å². The smallest absolute Gasteiger partial charge is 0.410 e. The Balaban J connectivity index is 1.52. The Hall–Kier alpha value is -4.35. The summed E-state index contributed by atoms with van der Waals surface area (Å²) in [4.78, 5) is 43.5. The van der Waals surface area contributed by atoms with Gasteiger partial charge in [-0.2, -0.15) is 4.98 Å². The maximum atomic E-state index is 13.1. The van der Waals surface area contributed by atoms with E-state index < -0.39 is 12.1 Å². The third-order valence-electron chi connectivity index (χ3n) is 6.78. The molecule has 1 aliphatic heterocycles. The summed E-state index contributed by atoms with van der Waals surface area (Å²) < 4.78 is 17.9. The molecule has 12 nitrogen and oxygen atoms in total. The summed E-state index contributed by atoms with van der Waals surface area (Å²) in [5.74, 6) is 2.46. The van der Waals surface area contributed by atoms with Crippen molar-refractivity contribution in [2.45, 2.75) is 58.7 Å². The number of carbonyl (C=O) groups excluding carboxylic acids is 2. The molecular weight excluding hydrogens is 526 g/mol. The van der Waals surface area contributed by atoms with Crippen LogP contribution in [0.3, 0.4) is 0 Å². The van der Waals surface area contributed by atoms with E-state index in [2.05, 4.69) is 29.0 Å². The molecule has 0 spiro atoms. The fourth-order valence-corrected chi connectivity index (χ4v) is 4.62. The number of carbonyl (C=O) groups is 2. The SMILES string of the molecule is COc1ccc(CNC(=O)CC2CN(c3cc(C(C)C)nc(-n4ccnc4)n3)CCN2C(=O)OC(C)C)cc1OC. The minimum Gasteiger partial charge on any atom is -0.493 e. The van der Waals surface area contributed by atoms with Crippen molar-refractivity contribution in [3.05, 3.63) is 54.2 Å². The molecule has 1 saturated heterocycles. The number of nitrogens with one attached hydrogen (secondary N) is 1. The van der Waals surface area contributed by atoms with Gasteiger partial charge in [-0.1, -0.05) is 19.9 Å². The number of imidazole rings is 1. The lowest BCUT2D eigenvalue weighted by Crippen LogP contribution is -2.57. The van der Waals surface area contributed by atoms with Gasteiger partial charge in [0.2, 0.25) is 11.9 Å². The van der Waals surface area contributed by atoms with Gasteiger partial charge in [-0.3, -0.25) is 9.36 Å². The summed E-state index contributed by atoms with van der Waals surface area (Å²) in [6.07, 6.45) is 4.55. The average Bonchev–Trinajstić information content (AvgIpc) is 3.50. The fourth-order valence-electron chi connectivity index (χ4n) is 4.62. The molecule has 2 aromatic heterocycles. The van der Waals surface area contributed by atoms with Crippen LogP contribution in [0.5, 0.6) is 11.5 Å². The van der Waals surface area contributed by atoms with Crippen molar-refractivity contribution >= 4 is 17.8 Å². The Morgan fingerprint density at radius 1 is 1.05 bits per heavy atom. The predicted octanol–water partition coefficient (Wildman–Crippen LogP) is 3.55. The molecule has 1 aliphatic rings. The van der Waals surface area contributed by atoms with Gasteiger partial charge in [-0.15, -0.1) is 0 Å². The maximum Gasteiger partial charge on any atom is 0.410 e. The van der Waals surface area contributed by atoms with Crippen LogP contribution in [0.2, 0.25) is 0 Å². The first kappa shape index (κ1) is 29.6. The van der Waals surface area contributed by atoms with E-state index in [9.17, 15) is 9.59 Å².